The number of benzene rings is 1. The molecule has 0 unspecified atom stereocenters. The van der Waals surface area contributed by atoms with Crippen molar-refractivity contribution in [2.24, 2.45) is 5.92 Å². The summed E-state index contributed by atoms with van der Waals surface area (Å²) in [6, 6.07) is 5.54. The second-order valence-corrected chi connectivity index (χ2v) is 9.18. The average molecular weight is 460 g/mol. The van der Waals surface area contributed by atoms with E-state index in [1.807, 2.05) is 6.92 Å². The number of rotatable bonds is 6. The molecule has 0 spiro atoms. The third-order valence-electron chi connectivity index (χ3n) is 5.67. The third kappa shape index (κ3) is 4.45. The van der Waals surface area contributed by atoms with E-state index >= 15 is 0 Å². The zero-order chi connectivity index (χ0) is 22.8. The lowest BCUT2D eigenvalue weighted by molar-refractivity contribution is -0.116. The van der Waals surface area contributed by atoms with Crippen molar-refractivity contribution in [3.63, 3.8) is 0 Å². The second kappa shape index (κ2) is 9.23. The monoisotopic (exact) mass is 459 g/mol. The topological polar surface area (TPSA) is 89.2 Å². The normalized spacial score (nSPS) is 14.8. The fraction of sp³-hybridized carbons (Fsp3) is 0.455. The number of nitrogens with one attached hydrogen (secondary N) is 1. The number of hydrogen-bond donors (Lipinski definition) is 1. The number of carbonyl (C=O) groups is 1. The van der Waals surface area contributed by atoms with Gasteiger partial charge in [-0.3, -0.25) is 18.7 Å². The highest BCUT2D eigenvalue weighted by Gasteiger charge is 2.23. The molecule has 2 aromatic heterocycles. The van der Waals surface area contributed by atoms with E-state index in [0.717, 1.165) is 30.5 Å². The first-order chi connectivity index (χ1) is 15.4. The molecule has 10 heteroatoms. The van der Waals surface area contributed by atoms with Crippen LogP contribution in [0.2, 0.25) is 0 Å². The van der Waals surface area contributed by atoms with Gasteiger partial charge >= 0.3 is 5.69 Å². The Bertz CT molecular complexity index is 1260. The molecule has 1 saturated heterocycles. The average Bonchev–Trinajstić information content (AvgIpc) is 3.20. The lowest BCUT2D eigenvalue weighted by Gasteiger charge is -2.29. The molecule has 1 N–H and O–H groups in total. The van der Waals surface area contributed by atoms with Gasteiger partial charge in [-0.2, -0.15) is 0 Å². The maximum Gasteiger partial charge on any atom is 0.333 e. The molecule has 1 fully saturated rings. The predicted molar refractivity (Wildman–Crippen MR) is 124 cm³/mol. The summed E-state index contributed by atoms with van der Waals surface area (Å²) in [5.41, 5.74) is -0.423. The fourth-order valence-corrected chi connectivity index (χ4v) is 4.95. The Hall–Kier alpha value is -3.01. The fourth-order valence-electron chi connectivity index (χ4n) is 3.88. The van der Waals surface area contributed by atoms with Crippen molar-refractivity contribution in [3.05, 3.63) is 50.9 Å². The first-order valence-electron chi connectivity index (χ1n) is 10.8. The van der Waals surface area contributed by atoms with Crippen LogP contribution < -0.4 is 21.5 Å². The van der Waals surface area contributed by atoms with E-state index in [0.29, 0.717) is 27.9 Å². The lowest BCUT2D eigenvalue weighted by Crippen LogP contribution is -2.41. The Morgan fingerprint density at radius 3 is 2.69 bits per heavy atom. The van der Waals surface area contributed by atoms with Gasteiger partial charge in [0.15, 0.2) is 10.8 Å². The molecule has 1 aromatic carbocycles. The van der Waals surface area contributed by atoms with Gasteiger partial charge in [0.2, 0.25) is 5.91 Å². The van der Waals surface area contributed by atoms with Gasteiger partial charge < -0.3 is 10.2 Å². The summed E-state index contributed by atoms with van der Waals surface area (Å²) in [4.78, 5) is 45.5. The molecule has 4 rings (SSSR count). The number of aromatic nitrogens is 3. The number of amides is 1. The third-order valence-corrected chi connectivity index (χ3v) is 6.76. The Labute approximate surface area is 188 Å². The second-order valence-electron chi connectivity index (χ2n) is 8.20. The van der Waals surface area contributed by atoms with E-state index in [9.17, 15) is 18.8 Å². The van der Waals surface area contributed by atoms with Gasteiger partial charge in [0.25, 0.3) is 5.56 Å². The van der Waals surface area contributed by atoms with Crippen LogP contribution in [0.25, 0.3) is 10.3 Å². The summed E-state index contributed by atoms with van der Waals surface area (Å²) < 4.78 is 16.2. The Morgan fingerprint density at radius 2 is 2.00 bits per heavy atom. The summed E-state index contributed by atoms with van der Waals surface area (Å²) in [5.74, 6) is -0.326. The highest BCUT2D eigenvalue weighted by molar-refractivity contribution is 7.22. The van der Waals surface area contributed by atoms with E-state index in [1.165, 1.54) is 34.1 Å². The van der Waals surface area contributed by atoms with Gasteiger partial charge in [0.05, 0.1) is 0 Å². The highest BCUT2D eigenvalue weighted by Crippen LogP contribution is 2.29. The number of halogens is 1. The van der Waals surface area contributed by atoms with Gasteiger partial charge in [0.1, 0.15) is 17.1 Å². The minimum absolute atomic E-state index is 0.223. The molecule has 1 amide bonds. The number of thiazole rings is 1. The first-order valence-corrected chi connectivity index (χ1v) is 11.6. The van der Waals surface area contributed by atoms with Crippen molar-refractivity contribution in [2.75, 3.05) is 23.3 Å². The quantitative estimate of drug-likeness (QED) is 0.612. The smallest absolute Gasteiger partial charge is 0.333 e. The van der Waals surface area contributed by atoms with Crippen LogP contribution >= 0.6 is 11.3 Å². The summed E-state index contributed by atoms with van der Waals surface area (Å²) in [6.45, 7) is 5.71. The Morgan fingerprint density at radius 1 is 1.25 bits per heavy atom. The SMILES string of the molecule is CCCn1c(=O)c2sc(N3CCC(C)CC3)nc2n(CC(=O)Nc2cccc(F)c2)c1=O. The largest absolute Gasteiger partial charge is 0.348 e. The lowest BCUT2D eigenvalue weighted by atomic mass is 10.00. The predicted octanol–water partition coefficient (Wildman–Crippen LogP) is 3.04. The molecule has 1 aliphatic heterocycles. The summed E-state index contributed by atoms with van der Waals surface area (Å²) in [5, 5.41) is 3.30. The Kier molecular flexibility index (Phi) is 6.40. The minimum atomic E-state index is -0.567. The van der Waals surface area contributed by atoms with Crippen molar-refractivity contribution < 1.29 is 9.18 Å². The van der Waals surface area contributed by atoms with Crippen LogP contribution in [0, 0.1) is 11.7 Å². The molecule has 0 atom stereocenters. The van der Waals surface area contributed by atoms with Crippen LogP contribution in [-0.2, 0) is 17.9 Å². The zero-order valence-corrected chi connectivity index (χ0v) is 19.0. The van der Waals surface area contributed by atoms with E-state index < -0.39 is 17.4 Å². The zero-order valence-electron chi connectivity index (χ0n) is 18.1. The molecule has 0 saturated carbocycles. The van der Waals surface area contributed by atoms with Gasteiger partial charge in [-0.1, -0.05) is 31.3 Å². The van der Waals surface area contributed by atoms with Crippen LogP contribution in [0.3, 0.4) is 0 Å². The maximum absolute atomic E-state index is 13.4. The van der Waals surface area contributed by atoms with Crippen molar-refractivity contribution in [3.8, 4) is 0 Å². The van der Waals surface area contributed by atoms with E-state index in [4.69, 9.17) is 0 Å². The number of nitrogens with zero attached hydrogens (tertiary/aromatic N) is 4. The summed E-state index contributed by atoms with van der Waals surface area (Å²) >= 11 is 1.27. The number of fused-ring (bicyclic) bond motifs is 1. The maximum atomic E-state index is 13.4. The molecule has 3 heterocycles. The van der Waals surface area contributed by atoms with Crippen LogP contribution in [0.4, 0.5) is 15.2 Å². The van der Waals surface area contributed by atoms with Crippen molar-refractivity contribution >= 4 is 38.4 Å². The van der Waals surface area contributed by atoms with Gasteiger partial charge in [-0.25, -0.2) is 14.2 Å². The number of carbonyl (C=O) groups excluding carboxylic acids is 1. The van der Waals surface area contributed by atoms with Crippen molar-refractivity contribution in [1.29, 1.82) is 0 Å². The standard InChI is InChI=1S/C22H26FN5O3S/c1-3-9-27-20(30)18-19(25-21(32-18)26-10-7-14(2)8-11-26)28(22(27)31)13-17(29)24-16-6-4-5-15(23)12-16/h4-6,12,14H,3,7-11,13H2,1-2H3,(H,24,29). The molecular formula is C22H26FN5O3S. The molecule has 1 aliphatic rings. The van der Waals surface area contributed by atoms with Crippen LogP contribution in [0.15, 0.2) is 33.9 Å². The number of piperidine rings is 1. The van der Waals surface area contributed by atoms with Gasteiger partial charge in [0, 0.05) is 25.3 Å². The molecule has 170 valence electrons. The molecule has 0 aliphatic carbocycles. The molecule has 0 bridgehead atoms. The van der Waals surface area contributed by atoms with Crippen LogP contribution in [0.1, 0.15) is 33.1 Å². The number of hydrogen-bond acceptors (Lipinski definition) is 6. The van der Waals surface area contributed by atoms with Crippen LogP contribution in [0.5, 0.6) is 0 Å². The first kappa shape index (κ1) is 22.2. The summed E-state index contributed by atoms with van der Waals surface area (Å²) in [6.07, 6.45) is 2.68. The van der Waals surface area contributed by atoms with E-state index in [1.54, 1.807) is 6.07 Å². The Balaban J connectivity index is 1.73. The number of anilines is 2. The highest BCUT2D eigenvalue weighted by atomic mass is 32.1. The molecule has 0 radical (unpaired) electrons. The van der Waals surface area contributed by atoms with Gasteiger partial charge in [-0.15, -0.1) is 0 Å². The van der Waals surface area contributed by atoms with Crippen molar-refractivity contribution in [2.45, 2.75) is 46.2 Å². The molecule has 3 aromatic rings. The molecule has 8 nitrogen and oxygen atoms in total. The van der Waals surface area contributed by atoms with Crippen LogP contribution in [-0.4, -0.2) is 33.1 Å². The van der Waals surface area contributed by atoms with E-state index in [-0.39, 0.29) is 24.3 Å². The van der Waals surface area contributed by atoms with Gasteiger partial charge in [-0.05, 0) is 43.4 Å². The minimum Gasteiger partial charge on any atom is -0.348 e. The van der Waals surface area contributed by atoms with E-state index in [2.05, 4.69) is 22.1 Å². The van der Waals surface area contributed by atoms with Crippen molar-refractivity contribution in [1.82, 2.24) is 14.1 Å². The molecular weight excluding hydrogens is 433 g/mol. The molecule has 32 heavy (non-hydrogen) atoms. The summed E-state index contributed by atoms with van der Waals surface area (Å²) in [7, 11) is 0.